The Balaban J connectivity index is 1.58. The number of nitrogens with one attached hydrogen (secondary N) is 1. The summed E-state index contributed by atoms with van der Waals surface area (Å²) >= 11 is 6.13. The maximum absolute atomic E-state index is 11.1. The van der Waals surface area contributed by atoms with Gasteiger partial charge in [0.25, 0.3) is 0 Å². The Hall–Kier alpha value is -2.98. The maximum atomic E-state index is 11.1. The molecule has 138 valence electrons. The molecule has 27 heavy (non-hydrogen) atoms. The second-order valence-corrected chi connectivity index (χ2v) is 6.68. The summed E-state index contributed by atoms with van der Waals surface area (Å²) < 4.78 is 5.82. The van der Waals surface area contributed by atoms with Gasteiger partial charge in [0.2, 0.25) is 0 Å². The van der Waals surface area contributed by atoms with Crippen molar-refractivity contribution in [3.8, 4) is 5.75 Å². The summed E-state index contributed by atoms with van der Waals surface area (Å²) in [7, 11) is 0. The van der Waals surface area contributed by atoms with Crippen LogP contribution in [0.15, 0.2) is 66.7 Å². The molecule has 0 aliphatic rings. The summed E-state index contributed by atoms with van der Waals surface area (Å²) in [6, 6.07) is 20.6. The Labute approximate surface area is 163 Å². The van der Waals surface area contributed by atoms with E-state index in [-0.39, 0.29) is 5.56 Å². The van der Waals surface area contributed by atoms with Gasteiger partial charge in [0.1, 0.15) is 12.4 Å². The van der Waals surface area contributed by atoms with E-state index in [1.54, 1.807) is 6.07 Å². The Morgan fingerprint density at radius 3 is 2.52 bits per heavy atom. The van der Waals surface area contributed by atoms with Gasteiger partial charge in [0.05, 0.1) is 16.3 Å². The van der Waals surface area contributed by atoms with Crippen LogP contribution in [0.3, 0.4) is 0 Å². The molecule has 0 saturated heterocycles. The van der Waals surface area contributed by atoms with Crippen LogP contribution in [0.25, 0.3) is 0 Å². The van der Waals surface area contributed by atoms with Gasteiger partial charge in [-0.25, -0.2) is 4.79 Å². The second-order valence-electron chi connectivity index (χ2n) is 6.28. The highest BCUT2D eigenvalue weighted by atomic mass is 35.5. The number of carbonyl (C=O) groups is 1. The number of benzene rings is 3. The molecule has 0 aliphatic heterocycles. The molecule has 4 nitrogen and oxygen atoms in total. The third kappa shape index (κ3) is 5.25. The van der Waals surface area contributed by atoms with Crippen LogP contribution in [0.2, 0.25) is 5.02 Å². The number of aromatic carboxylic acids is 1. The van der Waals surface area contributed by atoms with E-state index >= 15 is 0 Å². The lowest BCUT2D eigenvalue weighted by molar-refractivity contribution is 0.0697. The zero-order valence-corrected chi connectivity index (χ0v) is 15.7. The Kier molecular flexibility index (Phi) is 5.99. The summed E-state index contributed by atoms with van der Waals surface area (Å²) in [6.07, 6.45) is 0. The molecule has 0 bridgehead atoms. The number of anilines is 1. The van der Waals surface area contributed by atoms with Crippen LogP contribution in [0.1, 0.15) is 27.0 Å². The van der Waals surface area contributed by atoms with E-state index in [1.165, 1.54) is 17.7 Å². The van der Waals surface area contributed by atoms with Crippen LogP contribution < -0.4 is 10.1 Å². The number of halogens is 1. The van der Waals surface area contributed by atoms with Gasteiger partial charge in [-0.15, -0.1) is 0 Å². The quantitative estimate of drug-likeness (QED) is 0.564. The van der Waals surface area contributed by atoms with Gasteiger partial charge in [-0.2, -0.15) is 0 Å². The van der Waals surface area contributed by atoms with Crippen molar-refractivity contribution in [3.63, 3.8) is 0 Å². The smallest absolute Gasteiger partial charge is 0.335 e. The number of carboxylic acids is 1. The molecule has 0 spiro atoms. The predicted molar refractivity (Wildman–Crippen MR) is 108 cm³/mol. The summed E-state index contributed by atoms with van der Waals surface area (Å²) in [5.41, 5.74) is 4.17. The van der Waals surface area contributed by atoms with Gasteiger partial charge in [-0.3, -0.25) is 0 Å². The molecule has 0 aromatic heterocycles. The van der Waals surface area contributed by atoms with E-state index in [0.717, 1.165) is 16.9 Å². The molecule has 0 radical (unpaired) electrons. The van der Waals surface area contributed by atoms with Gasteiger partial charge >= 0.3 is 5.97 Å². The fourth-order valence-electron chi connectivity index (χ4n) is 2.66. The van der Waals surface area contributed by atoms with E-state index < -0.39 is 5.97 Å². The van der Waals surface area contributed by atoms with E-state index in [9.17, 15) is 4.79 Å². The molecule has 3 rings (SSSR count). The van der Waals surface area contributed by atoms with Crippen LogP contribution in [0.5, 0.6) is 5.75 Å². The summed E-state index contributed by atoms with van der Waals surface area (Å²) in [5.74, 6) is -0.184. The summed E-state index contributed by atoms with van der Waals surface area (Å²) in [5, 5.41) is 12.7. The van der Waals surface area contributed by atoms with Crippen molar-refractivity contribution in [3.05, 3.63) is 94.0 Å². The molecule has 0 atom stereocenters. The van der Waals surface area contributed by atoms with Crippen molar-refractivity contribution in [2.24, 2.45) is 0 Å². The van der Waals surface area contributed by atoms with Crippen LogP contribution >= 0.6 is 11.6 Å². The lowest BCUT2D eigenvalue weighted by Crippen LogP contribution is -2.03. The average Bonchev–Trinajstić information content (AvgIpc) is 2.66. The first kappa shape index (κ1) is 18.8. The fraction of sp³-hybridized carbons (Fsp3) is 0.136. The zero-order chi connectivity index (χ0) is 19.2. The maximum Gasteiger partial charge on any atom is 0.335 e. The van der Waals surface area contributed by atoms with Gasteiger partial charge in [0.15, 0.2) is 0 Å². The molecular weight excluding hydrogens is 362 g/mol. The van der Waals surface area contributed by atoms with Crippen LogP contribution in [-0.4, -0.2) is 11.1 Å². The molecule has 0 unspecified atom stereocenters. The highest BCUT2D eigenvalue weighted by Gasteiger charge is 2.07. The average molecular weight is 382 g/mol. The van der Waals surface area contributed by atoms with Crippen molar-refractivity contribution in [2.75, 3.05) is 5.32 Å². The van der Waals surface area contributed by atoms with Gasteiger partial charge in [0, 0.05) is 6.54 Å². The number of hydrogen-bond donors (Lipinski definition) is 2. The second kappa shape index (κ2) is 8.60. The molecule has 5 heteroatoms. The number of aryl methyl sites for hydroxylation is 1. The molecule has 0 heterocycles. The number of ether oxygens (including phenoxy) is 1. The van der Waals surface area contributed by atoms with Crippen molar-refractivity contribution >= 4 is 23.3 Å². The van der Waals surface area contributed by atoms with Crippen molar-refractivity contribution in [1.29, 1.82) is 0 Å². The Morgan fingerprint density at radius 2 is 1.81 bits per heavy atom. The lowest BCUT2D eigenvalue weighted by Gasteiger charge is -2.11. The van der Waals surface area contributed by atoms with E-state index in [1.807, 2.05) is 36.4 Å². The minimum absolute atomic E-state index is 0.196. The van der Waals surface area contributed by atoms with Crippen LogP contribution in [0, 0.1) is 6.92 Å². The number of hydrogen-bond acceptors (Lipinski definition) is 3. The molecule has 3 aromatic carbocycles. The molecular formula is C22H20ClNO3. The monoisotopic (exact) mass is 381 g/mol. The minimum Gasteiger partial charge on any atom is -0.489 e. The number of carboxylic acid groups (broad SMARTS) is 1. The Bertz CT molecular complexity index is 939. The van der Waals surface area contributed by atoms with Crippen LogP contribution in [0.4, 0.5) is 5.69 Å². The predicted octanol–water partition coefficient (Wildman–Crippen LogP) is 5.54. The van der Waals surface area contributed by atoms with Gasteiger partial charge in [-0.05, 0) is 48.4 Å². The minimum atomic E-state index is -0.982. The first-order chi connectivity index (χ1) is 13.0. The standard InChI is InChI=1S/C22H20ClNO3/c1-15-3-2-4-17(11-15)14-27-19-8-5-16(6-9-19)13-24-21-12-18(22(25)26)7-10-20(21)23/h2-12,24H,13-14H2,1H3,(H,25,26). The molecule has 0 amide bonds. The molecule has 0 aliphatic carbocycles. The summed E-state index contributed by atoms with van der Waals surface area (Å²) in [4.78, 5) is 11.1. The fourth-order valence-corrected chi connectivity index (χ4v) is 2.85. The zero-order valence-electron chi connectivity index (χ0n) is 14.9. The molecule has 0 saturated carbocycles. The first-order valence-corrected chi connectivity index (χ1v) is 8.93. The van der Waals surface area contributed by atoms with Crippen molar-refractivity contribution < 1.29 is 14.6 Å². The molecule has 2 N–H and O–H groups in total. The van der Waals surface area contributed by atoms with E-state index in [4.69, 9.17) is 21.4 Å². The Morgan fingerprint density at radius 1 is 1.04 bits per heavy atom. The highest BCUT2D eigenvalue weighted by Crippen LogP contribution is 2.24. The van der Waals surface area contributed by atoms with E-state index in [0.29, 0.717) is 23.9 Å². The highest BCUT2D eigenvalue weighted by molar-refractivity contribution is 6.33. The van der Waals surface area contributed by atoms with E-state index in [2.05, 4.69) is 24.4 Å². The molecule has 0 fully saturated rings. The van der Waals surface area contributed by atoms with Gasteiger partial charge < -0.3 is 15.2 Å². The number of rotatable bonds is 7. The van der Waals surface area contributed by atoms with Gasteiger partial charge in [-0.1, -0.05) is 53.6 Å². The largest absolute Gasteiger partial charge is 0.489 e. The summed E-state index contributed by atoms with van der Waals surface area (Å²) in [6.45, 7) is 3.11. The first-order valence-electron chi connectivity index (χ1n) is 8.55. The normalized spacial score (nSPS) is 10.4. The van der Waals surface area contributed by atoms with Crippen molar-refractivity contribution in [2.45, 2.75) is 20.1 Å². The van der Waals surface area contributed by atoms with Crippen molar-refractivity contribution in [1.82, 2.24) is 0 Å². The third-order valence-electron chi connectivity index (χ3n) is 4.11. The molecule has 3 aromatic rings. The third-order valence-corrected chi connectivity index (χ3v) is 4.44. The topological polar surface area (TPSA) is 58.6 Å². The lowest BCUT2D eigenvalue weighted by atomic mass is 10.1. The van der Waals surface area contributed by atoms with Crippen LogP contribution in [-0.2, 0) is 13.2 Å². The SMILES string of the molecule is Cc1cccc(COc2ccc(CNc3cc(C(=O)O)ccc3Cl)cc2)c1.